The minimum Gasteiger partial charge on any atom is -0.343 e. The summed E-state index contributed by atoms with van der Waals surface area (Å²) in [6.45, 7) is 2.29. The number of rotatable bonds is 1. The quantitative estimate of drug-likeness (QED) is 0.302. The van der Waals surface area contributed by atoms with Crippen LogP contribution in [0.4, 0.5) is 11.4 Å². The number of nitrogens with zero attached hydrogens (tertiary/aromatic N) is 3. The molecular weight excluding hydrogens is 414 g/mol. The molecule has 1 aromatic heterocycles. The highest BCUT2D eigenvalue weighted by Gasteiger charge is 2.52. The van der Waals surface area contributed by atoms with E-state index < -0.39 is 0 Å². The Morgan fingerprint density at radius 2 is 1.65 bits per heavy atom. The molecule has 5 aliphatic rings. The highest BCUT2D eigenvalue weighted by molar-refractivity contribution is 6.12. The third-order valence-electron chi connectivity index (χ3n) is 9.95. The van der Waals surface area contributed by atoms with Crippen LogP contribution < -0.4 is 9.47 Å². The van der Waals surface area contributed by atoms with Crippen LogP contribution in [0.25, 0.3) is 32.9 Å². The van der Waals surface area contributed by atoms with Crippen molar-refractivity contribution in [2.75, 3.05) is 11.9 Å². The van der Waals surface area contributed by atoms with Crippen molar-refractivity contribution in [2.45, 2.75) is 50.9 Å². The molecule has 0 spiro atoms. The molecule has 4 fully saturated rings. The van der Waals surface area contributed by atoms with Gasteiger partial charge in [0.15, 0.2) is 5.52 Å². The van der Waals surface area contributed by atoms with Crippen LogP contribution in [-0.4, -0.2) is 12.0 Å². The summed E-state index contributed by atoms with van der Waals surface area (Å²) < 4.78 is 2.24. The Bertz CT molecular complexity index is 1500. The Morgan fingerprint density at radius 3 is 2.38 bits per heavy atom. The number of fused-ring (bicyclic) bond motifs is 3. The number of aryl methyl sites for hydroxylation is 2. The van der Waals surface area contributed by atoms with Crippen LogP contribution in [0.15, 0.2) is 48.8 Å². The van der Waals surface area contributed by atoms with Gasteiger partial charge in [-0.15, -0.1) is 0 Å². The van der Waals surface area contributed by atoms with Crippen molar-refractivity contribution in [3.63, 3.8) is 0 Å². The lowest BCUT2D eigenvalue weighted by atomic mass is 9.48. The Hall–Kier alpha value is -2.94. The maximum Gasteiger partial charge on any atom is 0.287 e. The standard InChI is InChI=1S/C31H32N3/c1-18-24-7-5-4-6-22(24)11-26-28(18)30-29-25(32-17-33(30)2)12-23(13-27(29)34(26)3)31-14-19-8-20(15-31)10-21(9-19)16-31/h4-7,11-13,17,19-21H,8-10,14-16H2,1-3H3/q+1. The molecule has 0 radical (unpaired) electrons. The molecule has 0 amide bonds. The van der Waals surface area contributed by atoms with Crippen LogP contribution in [0.3, 0.4) is 0 Å². The van der Waals surface area contributed by atoms with E-state index in [1.165, 1.54) is 88.4 Å². The fourth-order valence-electron chi connectivity index (χ4n) is 8.88. The van der Waals surface area contributed by atoms with Gasteiger partial charge in [-0.3, -0.25) is 0 Å². The van der Waals surface area contributed by atoms with Crippen molar-refractivity contribution in [1.82, 2.24) is 4.98 Å². The van der Waals surface area contributed by atoms with E-state index in [4.69, 9.17) is 4.98 Å². The first kappa shape index (κ1) is 19.4. The van der Waals surface area contributed by atoms with E-state index in [2.05, 4.69) is 73.0 Å². The van der Waals surface area contributed by atoms with Crippen LogP contribution in [0.5, 0.6) is 0 Å². The molecule has 0 N–H and O–H groups in total. The maximum absolute atomic E-state index is 5.01. The number of hydrogen-bond acceptors (Lipinski definition) is 2. The second-order valence-corrected chi connectivity index (χ2v) is 12.0. The monoisotopic (exact) mass is 446 g/mol. The zero-order chi connectivity index (χ0) is 22.8. The summed E-state index contributed by atoms with van der Waals surface area (Å²) in [7, 11) is 4.42. The molecule has 4 aromatic rings. The zero-order valence-corrected chi connectivity index (χ0v) is 20.4. The number of anilines is 2. The van der Waals surface area contributed by atoms with E-state index in [-0.39, 0.29) is 0 Å². The summed E-state index contributed by atoms with van der Waals surface area (Å²) in [6, 6.07) is 16.3. The van der Waals surface area contributed by atoms with Crippen LogP contribution in [0, 0.1) is 24.7 Å². The summed E-state index contributed by atoms with van der Waals surface area (Å²) in [4.78, 5) is 7.46. The van der Waals surface area contributed by atoms with Gasteiger partial charge in [0.25, 0.3) is 6.33 Å². The van der Waals surface area contributed by atoms with Gasteiger partial charge in [-0.2, -0.15) is 0 Å². The first-order chi connectivity index (χ1) is 16.5. The van der Waals surface area contributed by atoms with Gasteiger partial charge in [0, 0.05) is 12.6 Å². The molecule has 9 rings (SSSR count). The van der Waals surface area contributed by atoms with Crippen molar-refractivity contribution in [1.29, 1.82) is 0 Å². The second-order valence-electron chi connectivity index (χ2n) is 12.0. The Morgan fingerprint density at radius 1 is 0.941 bits per heavy atom. The molecule has 0 atom stereocenters. The van der Waals surface area contributed by atoms with Crippen molar-refractivity contribution in [3.8, 4) is 11.3 Å². The van der Waals surface area contributed by atoms with Gasteiger partial charge < -0.3 is 4.90 Å². The van der Waals surface area contributed by atoms with E-state index >= 15 is 0 Å². The molecule has 0 unspecified atom stereocenters. The lowest BCUT2D eigenvalue weighted by molar-refractivity contribution is -0.662. The third-order valence-corrected chi connectivity index (χ3v) is 9.95. The second kappa shape index (κ2) is 6.38. The van der Waals surface area contributed by atoms with Gasteiger partial charge in [-0.1, -0.05) is 24.3 Å². The summed E-state index contributed by atoms with van der Waals surface area (Å²) >= 11 is 0. The lowest BCUT2D eigenvalue weighted by Gasteiger charge is -2.57. The molecule has 1 aliphatic heterocycles. The number of aromatic nitrogens is 2. The van der Waals surface area contributed by atoms with Crippen LogP contribution in [0.1, 0.15) is 49.7 Å². The summed E-state index contributed by atoms with van der Waals surface area (Å²) in [5.41, 5.74) is 9.78. The highest BCUT2D eigenvalue weighted by atomic mass is 15.1. The summed E-state index contributed by atoms with van der Waals surface area (Å²) in [5.74, 6) is 2.84. The molecule has 34 heavy (non-hydrogen) atoms. The first-order valence-electron chi connectivity index (χ1n) is 13.1. The fourth-order valence-corrected chi connectivity index (χ4v) is 8.88. The van der Waals surface area contributed by atoms with E-state index in [1.54, 1.807) is 5.56 Å². The van der Waals surface area contributed by atoms with Crippen LogP contribution >= 0.6 is 0 Å². The molecule has 2 heterocycles. The largest absolute Gasteiger partial charge is 0.343 e. The molecule has 170 valence electrons. The normalized spacial score (nSPS) is 28.7. The topological polar surface area (TPSA) is 20.0 Å². The van der Waals surface area contributed by atoms with E-state index in [9.17, 15) is 0 Å². The number of hydrogen-bond donors (Lipinski definition) is 0. The average Bonchev–Trinajstić information content (AvgIpc) is 2.82. The lowest BCUT2D eigenvalue weighted by Crippen LogP contribution is -2.48. The van der Waals surface area contributed by atoms with Crippen molar-refractivity contribution >= 4 is 33.1 Å². The minimum atomic E-state index is 0.375. The third kappa shape index (κ3) is 2.38. The molecule has 3 heteroatoms. The Balaban J connectivity index is 1.42. The number of benzene rings is 3. The Labute approximate surface area is 201 Å². The predicted octanol–water partition coefficient (Wildman–Crippen LogP) is 6.74. The van der Waals surface area contributed by atoms with Crippen LogP contribution in [-0.2, 0) is 12.5 Å². The van der Waals surface area contributed by atoms with Crippen molar-refractivity contribution in [3.05, 3.63) is 59.9 Å². The minimum absolute atomic E-state index is 0.375. The molecule has 4 aliphatic carbocycles. The fraction of sp³-hybridized carbons (Fsp3) is 0.419. The molecule has 0 saturated heterocycles. The van der Waals surface area contributed by atoms with Gasteiger partial charge in [0.1, 0.15) is 5.69 Å². The summed E-state index contributed by atoms with van der Waals surface area (Å²) in [6.07, 6.45) is 10.7. The van der Waals surface area contributed by atoms with Gasteiger partial charge in [0.2, 0.25) is 0 Å². The van der Waals surface area contributed by atoms with E-state index in [0.717, 1.165) is 17.8 Å². The van der Waals surface area contributed by atoms with Gasteiger partial charge >= 0.3 is 0 Å². The molecule has 3 aromatic carbocycles. The maximum atomic E-state index is 5.01. The predicted molar refractivity (Wildman–Crippen MR) is 139 cm³/mol. The summed E-state index contributed by atoms with van der Waals surface area (Å²) in [5, 5.41) is 3.97. The molecule has 4 saturated carbocycles. The average molecular weight is 447 g/mol. The smallest absolute Gasteiger partial charge is 0.287 e. The molecule has 3 nitrogen and oxygen atoms in total. The van der Waals surface area contributed by atoms with Gasteiger partial charge in [-0.05, 0) is 114 Å². The van der Waals surface area contributed by atoms with Crippen LogP contribution in [0.2, 0.25) is 0 Å². The highest BCUT2D eigenvalue weighted by Crippen LogP contribution is 2.61. The van der Waals surface area contributed by atoms with Crippen molar-refractivity contribution < 1.29 is 4.57 Å². The first-order valence-corrected chi connectivity index (χ1v) is 13.1. The van der Waals surface area contributed by atoms with E-state index in [0.29, 0.717) is 5.41 Å². The molecule has 4 bridgehead atoms. The van der Waals surface area contributed by atoms with E-state index in [1.807, 2.05) is 6.33 Å². The van der Waals surface area contributed by atoms with Gasteiger partial charge in [-0.25, -0.2) is 4.57 Å². The SMILES string of the molecule is Cc1c2c(cc3ccccc13)N(C)c1cc(C34CC5CC(CC(C5)C3)C4)cc3nc[n+](C)c-2c13. The van der Waals surface area contributed by atoms with Crippen molar-refractivity contribution in [2.24, 2.45) is 24.8 Å². The van der Waals surface area contributed by atoms with Gasteiger partial charge in [0.05, 0.1) is 23.8 Å². The zero-order valence-electron chi connectivity index (χ0n) is 20.4. The Kier molecular flexibility index (Phi) is 3.64. The molecular formula is C31H32N3+.